The van der Waals surface area contributed by atoms with Gasteiger partial charge in [-0.2, -0.15) is 17.4 Å². The second-order valence-electron chi connectivity index (χ2n) is 6.14. The molecule has 2 rings (SSSR count). The fraction of sp³-hybridized carbons (Fsp3) is 1.00. The average Bonchev–Trinajstić information content (AvgIpc) is 2.40. The summed E-state index contributed by atoms with van der Waals surface area (Å²) in [6.07, 6.45) is 3.19. The van der Waals surface area contributed by atoms with Crippen LogP contribution in [0.25, 0.3) is 0 Å². The minimum Gasteiger partial charge on any atom is -0.310 e. The van der Waals surface area contributed by atoms with Crippen molar-refractivity contribution in [1.82, 2.24) is 14.3 Å². The van der Waals surface area contributed by atoms with Crippen LogP contribution >= 0.6 is 0 Å². The molecule has 0 aliphatic carbocycles. The number of hydrogen-bond acceptors (Lipinski definition) is 3. The maximum Gasteiger partial charge on any atom is 0.279 e. The lowest BCUT2D eigenvalue weighted by Crippen LogP contribution is -2.51. The Labute approximate surface area is 104 Å². The minimum atomic E-state index is -3.34. The zero-order valence-corrected chi connectivity index (χ0v) is 11.7. The highest BCUT2D eigenvalue weighted by atomic mass is 32.2. The van der Waals surface area contributed by atoms with Crippen molar-refractivity contribution in [3.63, 3.8) is 0 Å². The normalized spacial score (nSPS) is 31.5. The fourth-order valence-corrected chi connectivity index (χ4v) is 4.21. The molecule has 2 bridgehead atoms. The molecule has 2 saturated heterocycles. The van der Waals surface area contributed by atoms with Crippen LogP contribution in [-0.2, 0) is 10.2 Å². The first kappa shape index (κ1) is 13.3. The molecule has 5 nitrogen and oxygen atoms in total. The van der Waals surface area contributed by atoms with E-state index in [9.17, 15) is 8.42 Å². The fourth-order valence-electron chi connectivity index (χ4n) is 2.58. The Bertz CT molecular complexity index is 375. The molecular formula is C11H23N3O2S. The van der Waals surface area contributed by atoms with Crippen molar-refractivity contribution in [2.75, 3.05) is 13.1 Å². The molecule has 17 heavy (non-hydrogen) atoms. The third-order valence-electron chi connectivity index (χ3n) is 3.26. The summed E-state index contributed by atoms with van der Waals surface area (Å²) in [4.78, 5) is 0. The second kappa shape index (κ2) is 4.50. The maximum atomic E-state index is 12.2. The number of nitrogens with one attached hydrogen (secondary N) is 2. The van der Waals surface area contributed by atoms with E-state index in [1.54, 1.807) is 4.31 Å². The number of hydrogen-bond donors (Lipinski definition) is 2. The maximum absolute atomic E-state index is 12.2. The Hall–Kier alpha value is -0.170. The van der Waals surface area contributed by atoms with Gasteiger partial charge >= 0.3 is 0 Å². The molecule has 0 spiro atoms. The van der Waals surface area contributed by atoms with Gasteiger partial charge in [0.15, 0.2) is 0 Å². The van der Waals surface area contributed by atoms with Crippen LogP contribution in [-0.4, -0.2) is 43.4 Å². The van der Waals surface area contributed by atoms with E-state index in [2.05, 4.69) is 10.0 Å². The Morgan fingerprint density at radius 1 is 1.18 bits per heavy atom. The van der Waals surface area contributed by atoms with E-state index < -0.39 is 15.7 Å². The summed E-state index contributed by atoms with van der Waals surface area (Å²) < 4.78 is 28.7. The van der Waals surface area contributed by atoms with Gasteiger partial charge in [-0.25, -0.2) is 0 Å². The molecule has 0 aromatic heterocycles. The molecule has 2 fully saturated rings. The standard InChI is InChI=1S/C11H23N3O2S/c1-11(2,3)13-17(15,16)14-7-6-9-4-5-10(8-14)12-9/h9-10,12-13H,4-8H2,1-3H3. The topological polar surface area (TPSA) is 61.4 Å². The van der Waals surface area contributed by atoms with E-state index >= 15 is 0 Å². The van der Waals surface area contributed by atoms with E-state index in [1.165, 1.54) is 6.42 Å². The predicted molar refractivity (Wildman–Crippen MR) is 67.9 cm³/mol. The summed E-state index contributed by atoms with van der Waals surface area (Å²) in [5, 5.41) is 3.48. The van der Waals surface area contributed by atoms with Gasteiger partial charge in [0, 0.05) is 30.7 Å². The summed E-state index contributed by atoms with van der Waals surface area (Å²) in [7, 11) is -3.34. The van der Waals surface area contributed by atoms with Crippen molar-refractivity contribution < 1.29 is 8.42 Å². The largest absolute Gasteiger partial charge is 0.310 e. The van der Waals surface area contributed by atoms with E-state index in [0.29, 0.717) is 25.2 Å². The summed E-state index contributed by atoms with van der Waals surface area (Å²) in [6.45, 7) is 6.83. The highest BCUT2D eigenvalue weighted by molar-refractivity contribution is 7.87. The van der Waals surface area contributed by atoms with Crippen LogP contribution in [0.4, 0.5) is 0 Å². The van der Waals surface area contributed by atoms with Gasteiger partial charge in [-0.3, -0.25) is 0 Å². The molecule has 2 unspecified atom stereocenters. The van der Waals surface area contributed by atoms with Crippen molar-refractivity contribution in [3.05, 3.63) is 0 Å². The number of nitrogens with zero attached hydrogens (tertiary/aromatic N) is 1. The third kappa shape index (κ3) is 3.40. The summed E-state index contributed by atoms with van der Waals surface area (Å²) in [5.41, 5.74) is -0.419. The lowest BCUT2D eigenvalue weighted by atomic mass is 10.1. The molecule has 2 heterocycles. The molecule has 0 amide bonds. The Morgan fingerprint density at radius 2 is 1.82 bits per heavy atom. The van der Waals surface area contributed by atoms with Crippen molar-refractivity contribution in [1.29, 1.82) is 0 Å². The lowest BCUT2D eigenvalue weighted by Gasteiger charge is -2.28. The molecule has 100 valence electrons. The molecule has 0 radical (unpaired) electrons. The molecule has 2 aliphatic heterocycles. The molecule has 0 aromatic rings. The van der Waals surface area contributed by atoms with Crippen LogP contribution in [0.2, 0.25) is 0 Å². The van der Waals surface area contributed by atoms with E-state index in [-0.39, 0.29) is 0 Å². The van der Waals surface area contributed by atoms with E-state index in [1.807, 2.05) is 20.8 Å². The molecular weight excluding hydrogens is 238 g/mol. The third-order valence-corrected chi connectivity index (χ3v) is 5.14. The van der Waals surface area contributed by atoms with Crippen LogP contribution in [0.15, 0.2) is 0 Å². The van der Waals surface area contributed by atoms with E-state index in [0.717, 1.165) is 12.8 Å². The lowest BCUT2D eigenvalue weighted by molar-refractivity contribution is 0.364. The van der Waals surface area contributed by atoms with E-state index in [4.69, 9.17) is 0 Å². The second-order valence-corrected chi connectivity index (χ2v) is 7.81. The number of fused-ring (bicyclic) bond motifs is 2. The van der Waals surface area contributed by atoms with Crippen LogP contribution in [0, 0.1) is 0 Å². The van der Waals surface area contributed by atoms with Crippen LogP contribution in [0.5, 0.6) is 0 Å². The quantitative estimate of drug-likeness (QED) is 0.758. The Balaban J connectivity index is 2.06. The van der Waals surface area contributed by atoms with Gasteiger partial charge in [0.25, 0.3) is 10.2 Å². The van der Waals surface area contributed by atoms with Gasteiger partial charge in [-0.05, 0) is 40.0 Å². The summed E-state index contributed by atoms with van der Waals surface area (Å²) in [5.74, 6) is 0. The van der Waals surface area contributed by atoms with Crippen molar-refractivity contribution in [2.45, 2.75) is 57.7 Å². The van der Waals surface area contributed by atoms with Gasteiger partial charge in [0.1, 0.15) is 0 Å². The molecule has 2 aliphatic rings. The van der Waals surface area contributed by atoms with Crippen molar-refractivity contribution in [2.24, 2.45) is 0 Å². The predicted octanol–water partition coefficient (Wildman–Crippen LogP) is 0.446. The summed E-state index contributed by atoms with van der Waals surface area (Å²) >= 11 is 0. The molecule has 6 heteroatoms. The Morgan fingerprint density at radius 3 is 2.47 bits per heavy atom. The first-order valence-corrected chi connectivity index (χ1v) is 7.75. The number of rotatable bonds is 2. The first-order valence-electron chi connectivity index (χ1n) is 6.31. The van der Waals surface area contributed by atoms with Crippen molar-refractivity contribution >= 4 is 10.2 Å². The smallest absolute Gasteiger partial charge is 0.279 e. The van der Waals surface area contributed by atoms with Gasteiger partial charge < -0.3 is 5.32 Å². The minimum absolute atomic E-state index is 0.332. The zero-order chi connectivity index (χ0) is 12.7. The Kier molecular flexibility index (Phi) is 3.51. The monoisotopic (exact) mass is 261 g/mol. The van der Waals surface area contributed by atoms with Gasteiger partial charge in [0.2, 0.25) is 0 Å². The van der Waals surface area contributed by atoms with Crippen LogP contribution in [0.1, 0.15) is 40.0 Å². The van der Waals surface area contributed by atoms with Gasteiger partial charge in [-0.15, -0.1) is 0 Å². The molecule has 0 saturated carbocycles. The summed E-state index contributed by atoms with van der Waals surface area (Å²) in [6, 6.07) is 0.842. The average molecular weight is 261 g/mol. The molecule has 2 N–H and O–H groups in total. The highest BCUT2D eigenvalue weighted by Crippen LogP contribution is 2.22. The zero-order valence-electron chi connectivity index (χ0n) is 10.9. The van der Waals surface area contributed by atoms with Crippen molar-refractivity contribution in [3.8, 4) is 0 Å². The van der Waals surface area contributed by atoms with Crippen LogP contribution in [0.3, 0.4) is 0 Å². The molecule has 2 atom stereocenters. The highest BCUT2D eigenvalue weighted by Gasteiger charge is 2.35. The van der Waals surface area contributed by atoms with Gasteiger partial charge in [-0.1, -0.05) is 0 Å². The first-order chi connectivity index (χ1) is 7.76. The SMILES string of the molecule is CC(C)(C)NS(=O)(=O)N1CCC2CCC(C1)N2. The molecule has 0 aromatic carbocycles. The van der Waals surface area contributed by atoms with Crippen LogP contribution < -0.4 is 10.0 Å². The van der Waals surface area contributed by atoms with Gasteiger partial charge in [0.05, 0.1) is 0 Å².